The van der Waals surface area contributed by atoms with E-state index in [1.807, 2.05) is 0 Å². The summed E-state index contributed by atoms with van der Waals surface area (Å²) < 4.78 is 62.8. The number of halogens is 5. The minimum atomic E-state index is -4.72. The van der Waals surface area contributed by atoms with E-state index in [9.17, 15) is 22.0 Å². The molecule has 1 nitrogen and oxygen atoms in total. The molecule has 0 fully saturated rings. The van der Waals surface area contributed by atoms with Crippen molar-refractivity contribution in [3.8, 4) is 0 Å². The van der Waals surface area contributed by atoms with Gasteiger partial charge in [-0.2, -0.15) is 13.2 Å². The fraction of sp³-hybridized carbons (Fsp3) is 0.400. The average molecular weight is 240 g/mol. The Balaban J connectivity index is 3.17. The van der Waals surface area contributed by atoms with E-state index in [0.29, 0.717) is 6.07 Å². The Kier molecular flexibility index (Phi) is 3.85. The molecule has 1 N–H and O–H groups in total. The third kappa shape index (κ3) is 2.91. The lowest BCUT2D eigenvalue weighted by atomic mass is 10.0. The number of alkyl halides is 3. The number of hydrogen-bond donors (Lipinski definition) is 1. The topological polar surface area (TPSA) is 20.2 Å². The van der Waals surface area contributed by atoms with E-state index in [1.165, 1.54) is 0 Å². The summed E-state index contributed by atoms with van der Waals surface area (Å²) in [6.07, 6.45) is -4.81. The Morgan fingerprint density at radius 1 is 1.06 bits per heavy atom. The van der Waals surface area contributed by atoms with Crippen LogP contribution in [0.1, 0.15) is 17.5 Å². The van der Waals surface area contributed by atoms with Crippen molar-refractivity contribution in [3.63, 3.8) is 0 Å². The molecule has 1 aromatic rings. The highest BCUT2D eigenvalue weighted by Gasteiger charge is 2.34. The molecule has 0 radical (unpaired) electrons. The van der Waals surface area contributed by atoms with Gasteiger partial charge < -0.3 is 5.11 Å². The molecule has 0 aliphatic carbocycles. The van der Waals surface area contributed by atoms with Crippen LogP contribution < -0.4 is 0 Å². The lowest BCUT2D eigenvalue weighted by Crippen LogP contribution is -2.11. The molecule has 0 bridgehead atoms. The number of benzene rings is 1. The highest BCUT2D eigenvalue weighted by atomic mass is 19.4. The first kappa shape index (κ1) is 12.9. The summed E-state index contributed by atoms with van der Waals surface area (Å²) in [6, 6.07) is 0.663. The second-order valence-electron chi connectivity index (χ2n) is 3.25. The fourth-order valence-corrected chi connectivity index (χ4v) is 1.33. The quantitative estimate of drug-likeness (QED) is 0.805. The van der Waals surface area contributed by atoms with Crippen molar-refractivity contribution in [1.29, 1.82) is 0 Å². The number of rotatable bonds is 3. The second kappa shape index (κ2) is 4.78. The Morgan fingerprint density at radius 2 is 1.62 bits per heavy atom. The highest BCUT2D eigenvalue weighted by molar-refractivity contribution is 5.31. The monoisotopic (exact) mass is 240 g/mol. The summed E-state index contributed by atoms with van der Waals surface area (Å²) >= 11 is 0. The average Bonchev–Trinajstić information content (AvgIpc) is 2.17. The summed E-state index contributed by atoms with van der Waals surface area (Å²) in [5, 5.41) is 8.50. The van der Waals surface area contributed by atoms with E-state index in [4.69, 9.17) is 5.11 Å². The zero-order chi connectivity index (χ0) is 12.3. The number of aryl methyl sites for hydroxylation is 1. The Hall–Kier alpha value is -1.17. The van der Waals surface area contributed by atoms with Crippen LogP contribution in [-0.2, 0) is 12.6 Å². The van der Waals surface area contributed by atoms with Crippen LogP contribution in [0.15, 0.2) is 12.1 Å². The van der Waals surface area contributed by atoms with Crippen molar-refractivity contribution < 1.29 is 27.1 Å². The molecule has 0 atom stereocenters. The summed E-state index contributed by atoms with van der Waals surface area (Å²) in [6.45, 7) is -0.309. The maximum Gasteiger partial charge on any atom is 0.416 e. The van der Waals surface area contributed by atoms with Crippen LogP contribution in [0, 0.1) is 11.6 Å². The predicted octanol–water partition coefficient (Wildman–Crippen LogP) is 2.91. The van der Waals surface area contributed by atoms with Gasteiger partial charge in [0.15, 0.2) is 11.6 Å². The molecule has 0 amide bonds. The van der Waals surface area contributed by atoms with Crippen LogP contribution in [0.2, 0.25) is 0 Å². The first-order valence-corrected chi connectivity index (χ1v) is 4.52. The van der Waals surface area contributed by atoms with Crippen LogP contribution in [0.25, 0.3) is 0 Å². The summed E-state index contributed by atoms with van der Waals surface area (Å²) in [5.74, 6) is -2.85. The minimum absolute atomic E-state index is 0.0636. The molecule has 0 heterocycles. The van der Waals surface area contributed by atoms with Crippen molar-refractivity contribution >= 4 is 0 Å². The smallest absolute Gasteiger partial charge is 0.396 e. The molecular weight excluding hydrogens is 231 g/mol. The minimum Gasteiger partial charge on any atom is -0.396 e. The van der Waals surface area contributed by atoms with Gasteiger partial charge in [-0.15, -0.1) is 0 Å². The van der Waals surface area contributed by atoms with Gasteiger partial charge in [0.2, 0.25) is 0 Å². The third-order valence-corrected chi connectivity index (χ3v) is 2.06. The van der Waals surface area contributed by atoms with Gasteiger partial charge in [0.05, 0.1) is 5.56 Å². The summed E-state index contributed by atoms with van der Waals surface area (Å²) in [5.41, 5.74) is -1.54. The van der Waals surface area contributed by atoms with Gasteiger partial charge in [0.25, 0.3) is 0 Å². The molecule has 0 aliphatic rings. The van der Waals surface area contributed by atoms with E-state index in [-0.39, 0.29) is 31.1 Å². The number of aliphatic hydroxyl groups excluding tert-OH is 1. The van der Waals surface area contributed by atoms with Gasteiger partial charge in [-0.1, -0.05) is 0 Å². The zero-order valence-electron chi connectivity index (χ0n) is 8.11. The highest BCUT2D eigenvalue weighted by Crippen LogP contribution is 2.33. The second-order valence-corrected chi connectivity index (χ2v) is 3.25. The normalized spacial score (nSPS) is 11.9. The standard InChI is InChI=1S/C10H9F5O/c11-8-4-6(2-1-3-16)7(5-9(8)12)10(13,14)15/h4-5,16H,1-3H2. The van der Waals surface area contributed by atoms with Crippen LogP contribution >= 0.6 is 0 Å². The molecule has 0 unspecified atom stereocenters. The van der Waals surface area contributed by atoms with Crippen molar-refractivity contribution in [1.82, 2.24) is 0 Å². The van der Waals surface area contributed by atoms with E-state index >= 15 is 0 Å². The van der Waals surface area contributed by atoms with E-state index in [0.717, 1.165) is 0 Å². The molecular formula is C10H9F5O. The van der Waals surface area contributed by atoms with Crippen molar-refractivity contribution in [2.24, 2.45) is 0 Å². The molecule has 0 aromatic heterocycles. The Bertz CT molecular complexity index is 372. The molecule has 6 heteroatoms. The van der Waals surface area contributed by atoms with Crippen molar-refractivity contribution in [2.75, 3.05) is 6.61 Å². The fourth-order valence-electron chi connectivity index (χ4n) is 1.33. The third-order valence-electron chi connectivity index (χ3n) is 2.06. The molecule has 0 spiro atoms. The molecule has 1 rings (SSSR count). The zero-order valence-corrected chi connectivity index (χ0v) is 8.11. The maximum atomic E-state index is 12.8. The van der Waals surface area contributed by atoms with E-state index < -0.39 is 23.4 Å². The Morgan fingerprint density at radius 3 is 2.12 bits per heavy atom. The van der Waals surface area contributed by atoms with Crippen molar-refractivity contribution in [3.05, 3.63) is 34.9 Å². The van der Waals surface area contributed by atoms with Crippen LogP contribution in [0.3, 0.4) is 0 Å². The number of hydrogen-bond acceptors (Lipinski definition) is 1. The summed E-state index contributed by atoms with van der Waals surface area (Å²) in [4.78, 5) is 0. The largest absolute Gasteiger partial charge is 0.416 e. The predicted molar refractivity (Wildman–Crippen MR) is 46.8 cm³/mol. The van der Waals surface area contributed by atoms with E-state index in [1.54, 1.807) is 0 Å². The van der Waals surface area contributed by atoms with Crippen LogP contribution in [0.5, 0.6) is 0 Å². The maximum absolute atomic E-state index is 12.8. The molecule has 0 saturated heterocycles. The van der Waals surface area contributed by atoms with E-state index in [2.05, 4.69) is 0 Å². The summed E-state index contributed by atoms with van der Waals surface area (Å²) in [7, 11) is 0. The molecule has 16 heavy (non-hydrogen) atoms. The first-order valence-electron chi connectivity index (χ1n) is 4.52. The Labute approximate surface area is 88.5 Å². The lowest BCUT2D eigenvalue weighted by Gasteiger charge is -2.12. The van der Waals surface area contributed by atoms with Gasteiger partial charge in [-0.05, 0) is 30.5 Å². The van der Waals surface area contributed by atoms with Gasteiger partial charge in [-0.25, -0.2) is 8.78 Å². The van der Waals surface area contributed by atoms with Crippen LogP contribution in [0.4, 0.5) is 22.0 Å². The SMILES string of the molecule is OCCCc1cc(F)c(F)cc1C(F)(F)F. The lowest BCUT2D eigenvalue weighted by molar-refractivity contribution is -0.138. The molecule has 0 aliphatic heterocycles. The molecule has 90 valence electrons. The van der Waals surface area contributed by atoms with Crippen molar-refractivity contribution in [2.45, 2.75) is 19.0 Å². The van der Waals surface area contributed by atoms with Gasteiger partial charge >= 0.3 is 6.18 Å². The molecule has 1 aromatic carbocycles. The van der Waals surface area contributed by atoms with Crippen LogP contribution in [-0.4, -0.2) is 11.7 Å². The first-order chi connectivity index (χ1) is 7.36. The molecule has 0 saturated carbocycles. The van der Waals surface area contributed by atoms with Gasteiger partial charge in [0.1, 0.15) is 0 Å². The number of aliphatic hydroxyl groups is 1. The van der Waals surface area contributed by atoms with Gasteiger partial charge in [0, 0.05) is 6.61 Å². The van der Waals surface area contributed by atoms with Gasteiger partial charge in [-0.3, -0.25) is 0 Å².